The van der Waals surface area contributed by atoms with Crippen molar-refractivity contribution in [2.75, 3.05) is 27.2 Å². The summed E-state index contributed by atoms with van der Waals surface area (Å²) in [7, 11) is 3.58. The molecule has 1 fully saturated rings. The Morgan fingerprint density at radius 3 is 2.70 bits per heavy atom. The molecule has 1 saturated heterocycles. The number of nitrogens with two attached hydrogens (primary N) is 1. The number of nitrogens with one attached hydrogen (secondary N) is 1. The van der Waals surface area contributed by atoms with Gasteiger partial charge in [-0.15, -0.1) is 5.10 Å². The second kappa shape index (κ2) is 8.75. The Hall–Kier alpha value is -2.06. The number of nitrogens with zero attached hydrogens (tertiary/aromatic N) is 4. The van der Waals surface area contributed by atoms with Gasteiger partial charge in [-0.2, -0.15) is 0 Å². The van der Waals surface area contributed by atoms with E-state index in [1.54, 1.807) is 30.8 Å². The molecule has 2 unspecified atom stereocenters. The minimum absolute atomic E-state index is 0.0574. The van der Waals surface area contributed by atoms with Crippen LogP contribution in [0.25, 0.3) is 0 Å². The van der Waals surface area contributed by atoms with Crippen LogP contribution < -0.4 is 5.73 Å². The number of aromatic nitrogens is 3. The number of carbonyl (C=O) groups is 1. The predicted molar refractivity (Wildman–Crippen MR) is 107 cm³/mol. The average Bonchev–Trinajstić information content (AvgIpc) is 3.15. The quantitative estimate of drug-likeness (QED) is 0.769. The number of rotatable bonds is 5. The predicted octanol–water partition coefficient (Wildman–Crippen LogP) is 2.66. The van der Waals surface area contributed by atoms with Crippen molar-refractivity contribution < 1.29 is 4.79 Å². The Labute approximate surface area is 164 Å². The molecular weight excluding hydrogens is 360 g/mol. The Balaban J connectivity index is 1.62. The molecule has 2 atom stereocenters. The number of carbonyl (C=O) groups excluding carboxylic acids is 1. The maximum absolute atomic E-state index is 12.3. The van der Waals surface area contributed by atoms with E-state index in [9.17, 15) is 4.79 Å². The SMILES string of the molecule is CC1CCN(C(=O)N(C)C)CC1c1nc(SCc2ccc(CN)cc2)n[nH]1. The van der Waals surface area contributed by atoms with Gasteiger partial charge in [0.2, 0.25) is 5.16 Å². The first-order valence-corrected chi connectivity index (χ1v) is 10.3. The van der Waals surface area contributed by atoms with Crippen LogP contribution in [0.5, 0.6) is 0 Å². The van der Waals surface area contributed by atoms with Gasteiger partial charge in [-0.3, -0.25) is 5.10 Å². The second-order valence-corrected chi connectivity index (χ2v) is 8.25. The van der Waals surface area contributed by atoms with E-state index in [2.05, 4.69) is 41.4 Å². The lowest BCUT2D eigenvalue weighted by Crippen LogP contribution is -2.46. The standard InChI is InChI=1S/C19H28N6OS/c1-13-8-9-25(19(26)24(2)3)11-16(13)17-21-18(23-22-17)27-12-15-6-4-14(10-20)5-7-15/h4-7,13,16H,8-12,20H2,1-3H3,(H,21,22,23). The van der Waals surface area contributed by atoms with Gasteiger partial charge in [-0.1, -0.05) is 43.0 Å². The third-order valence-electron chi connectivity index (χ3n) is 5.07. The minimum Gasteiger partial charge on any atom is -0.331 e. The Kier molecular flexibility index (Phi) is 6.38. The highest BCUT2D eigenvalue weighted by Gasteiger charge is 2.32. The van der Waals surface area contributed by atoms with Crippen LogP contribution in [0.15, 0.2) is 29.4 Å². The third-order valence-corrected chi connectivity index (χ3v) is 5.99. The molecule has 0 aliphatic carbocycles. The number of thioether (sulfide) groups is 1. The molecule has 0 bridgehead atoms. The molecule has 3 rings (SSSR count). The van der Waals surface area contributed by atoms with Gasteiger partial charge in [0.05, 0.1) is 0 Å². The van der Waals surface area contributed by atoms with E-state index in [0.29, 0.717) is 19.0 Å². The van der Waals surface area contributed by atoms with Crippen molar-refractivity contribution in [2.45, 2.75) is 36.7 Å². The fraction of sp³-hybridized carbons (Fsp3) is 0.526. The van der Waals surface area contributed by atoms with Crippen molar-refractivity contribution in [3.63, 3.8) is 0 Å². The van der Waals surface area contributed by atoms with Crippen molar-refractivity contribution in [2.24, 2.45) is 11.7 Å². The zero-order chi connectivity index (χ0) is 19.4. The summed E-state index contributed by atoms with van der Waals surface area (Å²) in [5.74, 6) is 2.34. The normalized spacial score (nSPS) is 19.9. The number of benzene rings is 1. The van der Waals surface area contributed by atoms with Crippen LogP contribution in [0.1, 0.15) is 36.2 Å². The highest BCUT2D eigenvalue weighted by molar-refractivity contribution is 7.98. The van der Waals surface area contributed by atoms with E-state index >= 15 is 0 Å². The van der Waals surface area contributed by atoms with Crippen LogP contribution in [-0.2, 0) is 12.3 Å². The van der Waals surface area contributed by atoms with E-state index in [-0.39, 0.29) is 11.9 Å². The van der Waals surface area contributed by atoms with Gasteiger partial charge in [0.25, 0.3) is 0 Å². The number of hydrogen-bond donors (Lipinski definition) is 2. The van der Waals surface area contributed by atoms with E-state index in [4.69, 9.17) is 10.7 Å². The van der Waals surface area contributed by atoms with Gasteiger partial charge in [-0.05, 0) is 23.5 Å². The highest BCUT2D eigenvalue weighted by Crippen LogP contribution is 2.31. The number of urea groups is 1. The van der Waals surface area contributed by atoms with E-state index < -0.39 is 0 Å². The average molecular weight is 389 g/mol. The molecule has 7 nitrogen and oxygen atoms in total. The molecule has 1 aromatic heterocycles. The van der Waals surface area contributed by atoms with Crippen LogP contribution >= 0.6 is 11.8 Å². The molecule has 1 aliphatic rings. The lowest BCUT2D eigenvalue weighted by atomic mass is 9.86. The summed E-state index contributed by atoms with van der Waals surface area (Å²) in [5, 5.41) is 8.22. The zero-order valence-corrected chi connectivity index (χ0v) is 17.0. The number of amides is 2. The first kappa shape index (κ1) is 19.7. The molecule has 2 aromatic rings. The summed E-state index contributed by atoms with van der Waals surface area (Å²) < 4.78 is 0. The summed E-state index contributed by atoms with van der Waals surface area (Å²) in [4.78, 5) is 20.5. The van der Waals surface area contributed by atoms with Crippen molar-refractivity contribution >= 4 is 17.8 Å². The second-order valence-electron chi connectivity index (χ2n) is 7.31. The van der Waals surface area contributed by atoms with Gasteiger partial charge in [0.1, 0.15) is 5.82 Å². The zero-order valence-electron chi connectivity index (χ0n) is 16.2. The first-order chi connectivity index (χ1) is 13.0. The number of aromatic amines is 1. The minimum atomic E-state index is 0.0574. The van der Waals surface area contributed by atoms with Gasteiger partial charge < -0.3 is 15.5 Å². The summed E-state index contributed by atoms with van der Waals surface area (Å²) in [6.45, 7) is 4.25. The third kappa shape index (κ3) is 4.81. The van der Waals surface area contributed by atoms with Crippen LogP contribution in [0.2, 0.25) is 0 Å². The van der Waals surface area contributed by atoms with Crippen molar-refractivity contribution in [1.29, 1.82) is 0 Å². The monoisotopic (exact) mass is 388 g/mol. The summed E-state index contributed by atoms with van der Waals surface area (Å²) in [5.41, 5.74) is 7.99. The number of likely N-dealkylation sites (tertiary alicyclic amines) is 1. The largest absolute Gasteiger partial charge is 0.331 e. The van der Waals surface area contributed by atoms with Crippen LogP contribution in [0.3, 0.4) is 0 Å². The topological polar surface area (TPSA) is 91.1 Å². The Bertz CT molecular complexity index is 760. The van der Waals surface area contributed by atoms with Gasteiger partial charge in [0, 0.05) is 45.4 Å². The van der Waals surface area contributed by atoms with Crippen molar-refractivity contribution in [3.05, 3.63) is 41.2 Å². The van der Waals surface area contributed by atoms with E-state index in [1.807, 2.05) is 4.90 Å². The molecule has 27 heavy (non-hydrogen) atoms. The van der Waals surface area contributed by atoms with Crippen LogP contribution in [-0.4, -0.2) is 58.2 Å². The molecule has 2 amide bonds. The van der Waals surface area contributed by atoms with Gasteiger partial charge in [0.15, 0.2) is 0 Å². The fourth-order valence-corrected chi connectivity index (χ4v) is 4.05. The Morgan fingerprint density at radius 2 is 2.04 bits per heavy atom. The molecule has 2 heterocycles. The van der Waals surface area contributed by atoms with Gasteiger partial charge in [-0.25, -0.2) is 9.78 Å². The maximum atomic E-state index is 12.3. The fourth-order valence-electron chi connectivity index (χ4n) is 3.29. The first-order valence-electron chi connectivity index (χ1n) is 9.27. The molecule has 0 spiro atoms. The van der Waals surface area contributed by atoms with E-state index in [1.165, 1.54) is 5.56 Å². The summed E-state index contributed by atoms with van der Waals surface area (Å²) >= 11 is 1.61. The molecule has 146 valence electrons. The van der Waals surface area contributed by atoms with Gasteiger partial charge >= 0.3 is 6.03 Å². The van der Waals surface area contributed by atoms with Crippen molar-refractivity contribution in [3.8, 4) is 0 Å². The highest BCUT2D eigenvalue weighted by atomic mass is 32.2. The van der Waals surface area contributed by atoms with Crippen LogP contribution in [0.4, 0.5) is 4.79 Å². The number of H-pyrrole nitrogens is 1. The summed E-state index contributed by atoms with van der Waals surface area (Å²) in [6.07, 6.45) is 0.973. The molecule has 3 N–H and O–H groups in total. The molecule has 1 aromatic carbocycles. The number of piperidine rings is 1. The van der Waals surface area contributed by atoms with Crippen molar-refractivity contribution in [1.82, 2.24) is 25.0 Å². The Morgan fingerprint density at radius 1 is 1.33 bits per heavy atom. The smallest absolute Gasteiger partial charge is 0.319 e. The molecular formula is C19H28N6OS. The lowest BCUT2D eigenvalue weighted by molar-refractivity contribution is 0.138. The lowest BCUT2D eigenvalue weighted by Gasteiger charge is -2.37. The molecule has 0 saturated carbocycles. The molecule has 8 heteroatoms. The number of hydrogen-bond acceptors (Lipinski definition) is 5. The molecule has 0 radical (unpaired) electrons. The van der Waals surface area contributed by atoms with E-state index in [0.717, 1.165) is 35.3 Å². The van der Waals surface area contributed by atoms with Crippen LogP contribution in [0, 0.1) is 5.92 Å². The maximum Gasteiger partial charge on any atom is 0.319 e. The summed E-state index contributed by atoms with van der Waals surface area (Å²) in [6, 6.07) is 8.36. The molecule has 1 aliphatic heterocycles.